The van der Waals surface area contributed by atoms with E-state index in [1.54, 1.807) is 0 Å². The van der Waals surface area contributed by atoms with Crippen LogP contribution in [0.25, 0.3) is 21.8 Å². The number of fused-ring (bicyclic) bond motifs is 3. The molecule has 2 aromatic carbocycles. The molecule has 0 amide bonds. The highest BCUT2D eigenvalue weighted by atomic mass is 32.1. The van der Waals surface area contributed by atoms with Crippen molar-refractivity contribution in [1.82, 2.24) is 9.88 Å². The van der Waals surface area contributed by atoms with Gasteiger partial charge in [-0.3, -0.25) is 0 Å². The van der Waals surface area contributed by atoms with E-state index in [0.29, 0.717) is 0 Å². The van der Waals surface area contributed by atoms with Crippen molar-refractivity contribution >= 4 is 44.8 Å². The van der Waals surface area contributed by atoms with Gasteiger partial charge in [0.15, 0.2) is 5.11 Å². The Balaban J connectivity index is 1.27. The van der Waals surface area contributed by atoms with Crippen LogP contribution >= 0.6 is 12.2 Å². The van der Waals surface area contributed by atoms with E-state index in [1.807, 2.05) is 0 Å². The SMILES string of the molecule is CCn1c2ccccc2c2cc(NC(=S)NC34CC5CC(CC(C5)C3)C4)ccc21. The maximum Gasteiger partial charge on any atom is 0.171 e. The first-order valence-corrected chi connectivity index (χ1v) is 11.6. The van der Waals surface area contributed by atoms with E-state index in [4.69, 9.17) is 12.2 Å². The summed E-state index contributed by atoms with van der Waals surface area (Å²) in [5.74, 6) is 2.77. The third kappa shape index (κ3) is 2.87. The van der Waals surface area contributed by atoms with Crippen LogP contribution in [0.1, 0.15) is 45.4 Å². The van der Waals surface area contributed by atoms with E-state index < -0.39 is 0 Å². The number of benzene rings is 2. The van der Waals surface area contributed by atoms with Gasteiger partial charge >= 0.3 is 0 Å². The van der Waals surface area contributed by atoms with Crippen LogP contribution in [-0.2, 0) is 6.54 Å². The number of hydrogen-bond acceptors (Lipinski definition) is 1. The number of aromatic nitrogens is 1. The van der Waals surface area contributed by atoms with Gasteiger partial charge < -0.3 is 15.2 Å². The molecule has 0 aliphatic heterocycles. The first-order chi connectivity index (χ1) is 14.1. The zero-order valence-corrected chi connectivity index (χ0v) is 17.9. The molecular formula is C25H29N3S. The smallest absolute Gasteiger partial charge is 0.171 e. The average molecular weight is 404 g/mol. The lowest BCUT2D eigenvalue weighted by atomic mass is 9.53. The van der Waals surface area contributed by atoms with Gasteiger partial charge in [0, 0.05) is 39.6 Å². The van der Waals surface area contributed by atoms with Crippen molar-refractivity contribution in [3.05, 3.63) is 42.5 Å². The van der Waals surface area contributed by atoms with Gasteiger partial charge in [-0.25, -0.2) is 0 Å². The van der Waals surface area contributed by atoms with Crippen LogP contribution in [0.15, 0.2) is 42.5 Å². The zero-order chi connectivity index (χ0) is 19.6. The van der Waals surface area contributed by atoms with Crippen LogP contribution in [0.4, 0.5) is 5.69 Å². The summed E-state index contributed by atoms with van der Waals surface area (Å²) in [6, 6.07) is 15.3. The second-order valence-electron chi connectivity index (χ2n) is 9.77. The van der Waals surface area contributed by atoms with Crippen molar-refractivity contribution in [1.29, 1.82) is 0 Å². The monoisotopic (exact) mass is 403 g/mol. The topological polar surface area (TPSA) is 29.0 Å². The molecule has 4 saturated carbocycles. The predicted octanol–water partition coefficient (Wildman–Crippen LogP) is 6.07. The van der Waals surface area contributed by atoms with Crippen molar-refractivity contribution in [3.63, 3.8) is 0 Å². The van der Waals surface area contributed by atoms with Gasteiger partial charge in [-0.1, -0.05) is 18.2 Å². The van der Waals surface area contributed by atoms with E-state index in [-0.39, 0.29) is 5.54 Å². The summed E-state index contributed by atoms with van der Waals surface area (Å²) in [5.41, 5.74) is 3.93. The second kappa shape index (κ2) is 6.46. The number of para-hydroxylation sites is 1. The number of nitrogens with one attached hydrogen (secondary N) is 2. The molecule has 3 aromatic rings. The lowest BCUT2D eigenvalue weighted by molar-refractivity contribution is -0.00972. The lowest BCUT2D eigenvalue weighted by Gasteiger charge is -2.57. The number of nitrogens with zero attached hydrogens (tertiary/aromatic N) is 1. The minimum absolute atomic E-state index is 0.251. The summed E-state index contributed by atoms with van der Waals surface area (Å²) in [5, 5.41) is 10.7. The number of hydrogen-bond donors (Lipinski definition) is 2. The molecule has 4 aliphatic rings. The van der Waals surface area contributed by atoms with Crippen LogP contribution < -0.4 is 10.6 Å². The molecule has 4 aliphatic carbocycles. The van der Waals surface area contributed by atoms with Crippen LogP contribution in [-0.4, -0.2) is 15.2 Å². The van der Waals surface area contributed by atoms with Crippen molar-refractivity contribution in [3.8, 4) is 0 Å². The quantitative estimate of drug-likeness (QED) is 0.520. The summed E-state index contributed by atoms with van der Waals surface area (Å²) >= 11 is 5.79. The molecule has 4 fully saturated rings. The highest BCUT2D eigenvalue weighted by Crippen LogP contribution is 2.55. The Bertz CT molecular complexity index is 1080. The van der Waals surface area contributed by atoms with Crippen LogP contribution in [0, 0.1) is 17.8 Å². The van der Waals surface area contributed by atoms with E-state index in [1.165, 1.54) is 60.3 Å². The summed E-state index contributed by atoms with van der Waals surface area (Å²) in [6.45, 7) is 3.19. The van der Waals surface area contributed by atoms with Gasteiger partial charge in [0.25, 0.3) is 0 Å². The molecular weight excluding hydrogens is 374 g/mol. The fraction of sp³-hybridized carbons (Fsp3) is 0.480. The normalized spacial score (nSPS) is 30.2. The van der Waals surface area contributed by atoms with Crippen LogP contribution in [0.3, 0.4) is 0 Å². The van der Waals surface area contributed by atoms with Crippen LogP contribution in [0.2, 0.25) is 0 Å². The Kier molecular flexibility index (Phi) is 3.96. The minimum Gasteiger partial charge on any atom is -0.357 e. The molecule has 2 N–H and O–H groups in total. The number of rotatable bonds is 3. The van der Waals surface area contributed by atoms with E-state index >= 15 is 0 Å². The molecule has 4 bridgehead atoms. The fourth-order valence-corrected chi connectivity index (χ4v) is 7.47. The molecule has 150 valence electrons. The zero-order valence-electron chi connectivity index (χ0n) is 17.1. The number of aryl methyl sites for hydroxylation is 1. The van der Waals surface area contributed by atoms with Crippen molar-refractivity contribution in [2.75, 3.05) is 5.32 Å². The van der Waals surface area contributed by atoms with Gasteiger partial charge in [0.1, 0.15) is 0 Å². The molecule has 29 heavy (non-hydrogen) atoms. The molecule has 0 unspecified atom stereocenters. The van der Waals surface area contributed by atoms with Crippen molar-refractivity contribution in [2.45, 2.75) is 57.5 Å². The van der Waals surface area contributed by atoms with E-state index in [0.717, 1.165) is 35.1 Å². The first-order valence-electron chi connectivity index (χ1n) is 11.2. The fourth-order valence-electron chi connectivity index (χ4n) is 7.14. The Labute approximate surface area is 177 Å². The molecule has 3 nitrogen and oxygen atoms in total. The molecule has 0 saturated heterocycles. The molecule has 0 atom stereocenters. The Morgan fingerprint density at radius 1 is 0.966 bits per heavy atom. The average Bonchev–Trinajstić information content (AvgIpc) is 2.99. The molecule has 1 heterocycles. The summed E-state index contributed by atoms with van der Waals surface area (Å²) in [4.78, 5) is 0. The summed E-state index contributed by atoms with van der Waals surface area (Å²) in [7, 11) is 0. The van der Waals surface area contributed by atoms with Gasteiger partial charge in [-0.15, -0.1) is 0 Å². The largest absolute Gasteiger partial charge is 0.357 e. The Morgan fingerprint density at radius 2 is 1.62 bits per heavy atom. The Hall–Kier alpha value is -2.07. The minimum atomic E-state index is 0.251. The van der Waals surface area contributed by atoms with Gasteiger partial charge in [0.2, 0.25) is 0 Å². The third-order valence-corrected chi connectivity index (χ3v) is 7.97. The predicted molar refractivity (Wildman–Crippen MR) is 125 cm³/mol. The second-order valence-corrected chi connectivity index (χ2v) is 10.2. The van der Waals surface area contributed by atoms with Gasteiger partial charge in [-0.05, 0) is 99.7 Å². The maximum absolute atomic E-state index is 5.79. The molecule has 4 heteroatoms. The summed E-state index contributed by atoms with van der Waals surface area (Å²) < 4.78 is 2.39. The lowest BCUT2D eigenvalue weighted by Crippen LogP contribution is -2.60. The van der Waals surface area contributed by atoms with Crippen molar-refractivity contribution < 1.29 is 0 Å². The molecule has 0 spiro atoms. The highest BCUT2D eigenvalue weighted by molar-refractivity contribution is 7.80. The number of thiocarbonyl (C=S) groups is 1. The van der Waals surface area contributed by atoms with Crippen molar-refractivity contribution in [2.24, 2.45) is 17.8 Å². The Morgan fingerprint density at radius 3 is 2.31 bits per heavy atom. The standard InChI is InChI=1S/C25H29N3S/c1-2-28-22-6-4-3-5-20(22)21-12-19(7-8-23(21)28)26-24(29)27-25-13-16-9-17(14-25)11-18(10-16)15-25/h3-8,12,16-18H,2,9-11,13-15H2,1H3,(H2,26,27,29). The van der Waals surface area contributed by atoms with Crippen LogP contribution in [0.5, 0.6) is 0 Å². The maximum atomic E-state index is 5.79. The summed E-state index contributed by atoms with van der Waals surface area (Å²) in [6.07, 6.45) is 8.30. The van der Waals surface area contributed by atoms with E-state index in [9.17, 15) is 0 Å². The first kappa shape index (κ1) is 17.8. The third-order valence-electron chi connectivity index (χ3n) is 7.76. The molecule has 0 radical (unpaired) electrons. The highest BCUT2D eigenvalue weighted by Gasteiger charge is 2.51. The molecule has 7 rings (SSSR count). The molecule has 1 aromatic heterocycles. The van der Waals surface area contributed by atoms with Gasteiger partial charge in [0.05, 0.1) is 0 Å². The van der Waals surface area contributed by atoms with Gasteiger partial charge in [-0.2, -0.15) is 0 Å². The van der Waals surface area contributed by atoms with E-state index in [2.05, 4.69) is 64.6 Å². The number of anilines is 1.